The van der Waals surface area contributed by atoms with Crippen LogP contribution in [-0.2, 0) is 4.79 Å². The number of carbonyl (C=O) groups is 1. The van der Waals surface area contributed by atoms with Gasteiger partial charge in [0.1, 0.15) is 0 Å². The van der Waals surface area contributed by atoms with Gasteiger partial charge in [-0.3, -0.25) is 0 Å². The summed E-state index contributed by atoms with van der Waals surface area (Å²) in [4.78, 5) is 10.3. The second-order valence-corrected chi connectivity index (χ2v) is 2.37. The molecule has 0 amide bonds. The Labute approximate surface area is 61.9 Å². The highest BCUT2D eigenvalue weighted by Gasteiger charge is 2.12. The number of nitrogens with one attached hydrogen (secondary N) is 1. The molecule has 0 saturated heterocycles. The molecule has 0 aromatic rings. The van der Waals surface area contributed by atoms with Crippen molar-refractivity contribution >= 4 is 17.9 Å². The Kier molecular flexibility index (Phi) is 1.86. The summed E-state index contributed by atoms with van der Waals surface area (Å²) >= 11 is 1.19. The second-order valence-electron chi connectivity index (χ2n) is 1.66. The van der Waals surface area contributed by atoms with Crippen LogP contribution in [0, 0.1) is 0 Å². The minimum atomic E-state index is -1.03. The summed E-state index contributed by atoms with van der Waals surface area (Å²) in [6, 6.07) is 0. The predicted octanol–water partition coefficient (Wildman–Crippen LogP) is 0.00640. The van der Waals surface area contributed by atoms with Gasteiger partial charge in [-0.15, -0.1) is 0 Å². The molecule has 0 aliphatic carbocycles. The van der Waals surface area contributed by atoms with Crippen molar-refractivity contribution in [2.24, 2.45) is 5.73 Å². The van der Waals surface area contributed by atoms with Gasteiger partial charge in [-0.05, 0) is 23.4 Å². The van der Waals surface area contributed by atoms with Gasteiger partial charge in [-0.1, -0.05) is 0 Å². The van der Waals surface area contributed by atoms with E-state index in [1.807, 2.05) is 0 Å². The van der Waals surface area contributed by atoms with E-state index in [-0.39, 0.29) is 11.4 Å². The number of rotatable bonds is 1. The molecule has 0 aromatic carbocycles. The Bertz CT molecular complexity index is 222. The first-order valence-corrected chi connectivity index (χ1v) is 3.41. The quantitative estimate of drug-likeness (QED) is 0.468. The van der Waals surface area contributed by atoms with E-state index in [0.29, 0.717) is 0 Å². The molecule has 1 rings (SSSR count). The fraction of sp³-hybridized carbons (Fsp3) is 0. The lowest BCUT2D eigenvalue weighted by atomic mass is 10.3. The number of hydrogen-bond donors (Lipinski definition) is 3. The summed E-state index contributed by atoms with van der Waals surface area (Å²) in [5, 5.41) is 10.1. The lowest BCUT2D eigenvalue weighted by molar-refractivity contribution is -0.132. The van der Waals surface area contributed by atoms with E-state index in [1.54, 1.807) is 11.5 Å². The third-order valence-corrected chi connectivity index (χ3v) is 1.57. The molecule has 0 atom stereocenters. The Morgan fingerprint density at radius 1 is 1.80 bits per heavy atom. The Morgan fingerprint density at radius 2 is 2.50 bits per heavy atom. The van der Waals surface area contributed by atoms with Gasteiger partial charge in [-0.25, -0.2) is 4.79 Å². The van der Waals surface area contributed by atoms with Crippen molar-refractivity contribution < 1.29 is 9.90 Å². The van der Waals surface area contributed by atoms with E-state index in [4.69, 9.17) is 10.8 Å². The molecule has 0 unspecified atom stereocenters. The molecule has 1 heterocycles. The predicted molar refractivity (Wildman–Crippen MR) is 38.7 cm³/mol. The average Bonchev–Trinajstić information content (AvgIpc) is 1.88. The van der Waals surface area contributed by atoms with Crippen molar-refractivity contribution in [2.45, 2.75) is 0 Å². The number of allylic oxidation sites excluding steroid dienone is 1. The number of carboxylic acid groups (broad SMARTS) is 1. The monoisotopic (exact) mass is 158 g/mol. The summed E-state index contributed by atoms with van der Waals surface area (Å²) < 4.78 is 2.55. The molecule has 4 N–H and O–H groups in total. The van der Waals surface area contributed by atoms with Crippen LogP contribution in [0.25, 0.3) is 0 Å². The topological polar surface area (TPSA) is 75.4 Å². The molecule has 1 aliphatic heterocycles. The zero-order chi connectivity index (χ0) is 7.56. The summed E-state index contributed by atoms with van der Waals surface area (Å²) in [5.41, 5.74) is 5.62. The highest BCUT2D eigenvalue weighted by molar-refractivity contribution is 8.00. The highest BCUT2D eigenvalue weighted by Crippen LogP contribution is 2.11. The molecule has 0 bridgehead atoms. The van der Waals surface area contributed by atoms with Crippen molar-refractivity contribution in [3.63, 3.8) is 0 Å². The van der Waals surface area contributed by atoms with Gasteiger partial charge < -0.3 is 15.6 Å². The van der Waals surface area contributed by atoms with E-state index < -0.39 is 5.97 Å². The minimum Gasteiger partial charge on any atom is -0.476 e. The van der Waals surface area contributed by atoms with Gasteiger partial charge >= 0.3 is 5.97 Å². The zero-order valence-electron chi connectivity index (χ0n) is 5.00. The molecular weight excluding hydrogens is 152 g/mol. The Balaban J connectivity index is 2.89. The van der Waals surface area contributed by atoms with Crippen molar-refractivity contribution in [3.8, 4) is 0 Å². The fourth-order valence-corrected chi connectivity index (χ4v) is 1.12. The molecule has 4 nitrogen and oxygen atoms in total. The molecule has 0 fully saturated rings. The molecule has 5 heteroatoms. The van der Waals surface area contributed by atoms with E-state index in [0.717, 1.165) is 0 Å². The van der Waals surface area contributed by atoms with Crippen LogP contribution in [0.2, 0.25) is 0 Å². The smallest absolute Gasteiger partial charge is 0.354 e. The van der Waals surface area contributed by atoms with Crippen LogP contribution in [0.3, 0.4) is 0 Å². The van der Waals surface area contributed by atoms with Gasteiger partial charge in [0.2, 0.25) is 0 Å². The third-order valence-electron chi connectivity index (χ3n) is 0.979. The molecule has 0 saturated carbocycles. The summed E-state index contributed by atoms with van der Waals surface area (Å²) in [6.45, 7) is 0. The molecule has 0 aromatic heterocycles. The summed E-state index contributed by atoms with van der Waals surface area (Å²) in [5.74, 6) is -1.03. The molecule has 1 aliphatic rings. The summed E-state index contributed by atoms with van der Waals surface area (Å²) in [7, 11) is 0. The van der Waals surface area contributed by atoms with Crippen LogP contribution in [0.4, 0.5) is 0 Å². The van der Waals surface area contributed by atoms with Gasteiger partial charge in [0.15, 0.2) is 5.70 Å². The van der Waals surface area contributed by atoms with E-state index in [9.17, 15) is 4.79 Å². The highest BCUT2D eigenvalue weighted by atomic mass is 32.2. The van der Waals surface area contributed by atoms with Crippen molar-refractivity contribution in [2.75, 3.05) is 0 Å². The lowest BCUT2D eigenvalue weighted by Crippen LogP contribution is -2.20. The largest absolute Gasteiger partial charge is 0.476 e. The maximum absolute atomic E-state index is 10.3. The van der Waals surface area contributed by atoms with Crippen LogP contribution in [0.5, 0.6) is 0 Å². The zero-order valence-corrected chi connectivity index (χ0v) is 5.81. The number of nitrogens with two attached hydrogens (primary N) is 1. The first kappa shape index (κ1) is 7.01. The number of carboxylic acids is 1. The van der Waals surface area contributed by atoms with Gasteiger partial charge in [0.05, 0.1) is 5.70 Å². The second kappa shape index (κ2) is 2.66. The lowest BCUT2D eigenvalue weighted by Gasteiger charge is -2.08. The van der Waals surface area contributed by atoms with Crippen LogP contribution in [-0.4, -0.2) is 11.1 Å². The van der Waals surface area contributed by atoms with E-state index >= 15 is 0 Å². The van der Waals surface area contributed by atoms with Crippen molar-refractivity contribution in [3.05, 3.63) is 22.9 Å². The van der Waals surface area contributed by atoms with Crippen molar-refractivity contribution in [1.82, 2.24) is 4.72 Å². The van der Waals surface area contributed by atoms with Crippen LogP contribution in [0.1, 0.15) is 0 Å². The maximum atomic E-state index is 10.3. The molecule has 10 heavy (non-hydrogen) atoms. The van der Waals surface area contributed by atoms with Gasteiger partial charge in [-0.2, -0.15) is 0 Å². The standard InChI is InChI=1S/C5H6N2O2S/c6-3-1-2-10-7-4(3)5(8)9/h1-2,7H,6H2,(H,8,9). The molecular formula is C5H6N2O2S. The van der Waals surface area contributed by atoms with Crippen LogP contribution in [0.15, 0.2) is 22.9 Å². The molecule has 0 radical (unpaired) electrons. The molecule has 0 spiro atoms. The average molecular weight is 158 g/mol. The fourth-order valence-electron chi connectivity index (χ4n) is 0.510. The summed E-state index contributed by atoms with van der Waals surface area (Å²) in [6.07, 6.45) is 1.55. The van der Waals surface area contributed by atoms with Crippen LogP contribution >= 0.6 is 11.9 Å². The van der Waals surface area contributed by atoms with Gasteiger partial charge in [0.25, 0.3) is 0 Å². The van der Waals surface area contributed by atoms with Crippen LogP contribution < -0.4 is 10.5 Å². The van der Waals surface area contributed by atoms with E-state index in [1.165, 1.54) is 11.9 Å². The third kappa shape index (κ3) is 1.24. The first-order valence-electron chi connectivity index (χ1n) is 2.53. The minimum absolute atomic E-state index is 0.0486. The normalized spacial score (nSPS) is 16.8. The Hall–Kier alpha value is -1.10. The SMILES string of the molecule is NC1=C(C(=O)O)NSC=C1. The molecule has 54 valence electrons. The maximum Gasteiger partial charge on any atom is 0.354 e. The number of aliphatic carboxylic acids is 1. The number of hydrogen-bond acceptors (Lipinski definition) is 4. The Morgan fingerprint density at radius 3 is 2.90 bits per heavy atom. The van der Waals surface area contributed by atoms with E-state index in [2.05, 4.69) is 4.72 Å². The van der Waals surface area contributed by atoms with Gasteiger partial charge in [0, 0.05) is 0 Å². The van der Waals surface area contributed by atoms with Crippen molar-refractivity contribution in [1.29, 1.82) is 0 Å². The first-order chi connectivity index (χ1) is 4.72.